The number of benzene rings is 1. The molecule has 0 aliphatic heterocycles. The average Bonchev–Trinajstić information content (AvgIpc) is 3.59. The summed E-state index contributed by atoms with van der Waals surface area (Å²) in [5, 5.41) is 14.9. The molecule has 0 unspecified atom stereocenters. The van der Waals surface area contributed by atoms with Crippen molar-refractivity contribution in [3.05, 3.63) is 35.0 Å². The molecule has 17 heteroatoms. The highest BCUT2D eigenvalue weighted by atomic mass is 32.2. The molecule has 1 fully saturated rings. The number of ketones is 1. The second-order valence-corrected chi connectivity index (χ2v) is 13.8. The molecule has 204 valence electrons. The van der Waals surface area contributed by atoms with Gasteiger partial charge >= 0.3 is 6.03 Å². The van der Waals surface area contributed by atoms with E-state index in [0.29, 0.717) is 22.6 Å². The van der Waals surface area contributed by atoms with E-state index in [4.69, 9.17) is 0 Å². The zero-order chi connectivity index (χ0) is 27.7. The van der Waals surface area contributed by atoms with Crippen LogP contribution in [0, 0.1) is 12.8 Å². The van der Waals surface area contributed by atoms with E-state index < -0.39 is 37.6 Å². The summed E-state index contributed by atoms with van der Waals surface area (Å²) in [6, 6.07) is 4.37. The van der Waals surface area contributed by atoms with Gasteiger partial charge in [-0.1, -0.05) is 40.9 Å². The number of Topliss-reactive ketones (excluding diaryl/α,β-unsaturated/α-hetero) is 1. The fourth-order valence-electron chi connectivity index (χ4n) is 4.07. The number of amides is 2. The van der Waals surface area contributed by atoms with E-state index >= 15 is 0 Å². The lowest BCUT2D eigenvalue weighted by atomic mass is 9.94. The van der Waals surface area contributed by atoms with Crippen LogP contribution in [0.1, 0.15) is 47.3 Å². The number of hydrogen-bond donors (Lipinski definition) is 3. The minimum absolute atomic E-state index is 0.0319. The van der Waals surface area contributed by atoms with Gasteiger partial charge < -0.3 is 5.32 Å². The van der Waals surface area contributed by atoms with Crippen molar-refractivity contribution in [1.82, 2.24) is 29.9 Å². The van der Waals surface area contributed by atoms with Crippen molar-refractivity contribution in [1.29, 1.82) is 0 Å². The zero-order valence-electron chi connectivity index (χ0n) is 20.8. The summed E-state index contributed by atoms with van der Waals surface area (Å²) in [5.74, 6) is -0.123. The van der Waals surface area contributed by atoms with Crippen LogP contribution in [-0.4, -0.2) is 60.1 Å². The number of nitrogens with zero attached hydrogens (tertiary/aromatic N) is 5. The number of urea groups is 1. The van der Waals surface area contributed by atoms with Crippen LogP contribution >= 0.6 is 11.3 Å². The Kier molecular flexibility index (Phi) is 7.91. The summed E-state index contributed by atoms with van der Waals surface area (Å²) in [6.45, 7) is 1.40. The normalized spacial score (nSPS) is 14.5. The van der Waals surface area contributed by atoms with E-state index in [1.54, 1.807) is 18.2 Å². The number of hydrogen-bond acceptors (Lipinski definition) is 11. The number of carbonyl (C=O) groups excluding carboxylic acids is 2. The maximum Gasteiger partial charge on any atom is 0.325 e. The van der Waals surface area contributed by atoms with Gasteiger partial charge in [-0.05, 0) is 42.3 Å². The van der Waals surface area contributed by atoms with Crippen LogP contribution in [0.25, 0.3) is 0 Å². The first-order valence-corrected chi connectivity index (χ1v) is 15.7. The monoisotopic (exact) mass is 582 g/mol. The number of tetrazole rings is 1. The summed E-state index contributed by atoms with van der Waals surface area (Å²) in [7, 11) is -6.65. The van der Waals surface area contributed by atoms with Crippen molar-refractivity contribution in [3.8, 4) is 0 Å². The van der Waals surface area contributed by atoms with Gasteiger partial charge in [0.25, 0.3) is 15.0 Å². The van der Waals surface area contributed by atoms with E-state index in [1.165, 1.54) is 7.05 Å². The van der Waals surface area contributed by atoms with E-state index in [-0.39, 0.29) is 26.7 Å². The molecule has 2 heterocycles. The Morgan fingerprint density at radius 2 is 1.84 bits per heavy atom. The highest BCUT2D eigenvalue weighted by molar-refractivity contribution is 7.93. The number of aryl methyl sites for hydroxylation is 2. The number of sulfonamides is 1. The number of sulfone groups is 1. The van der Waals surface area contributed by atoms with Gasteiger partial charge in [-0.3, -0.25) is 10.1 Å². The molecule has 1 aliphatic rings. The van der Waals surface area contributed by atoms with Crippen LogP contribution in [0.2, 0.25) is 0 Å². The molecule has 3 N–H and O–H groups in total. The van der Waals surface area contributed by atoms with Crippen molar-refractivity contribution in [2.45, 2.75) is 48.5 Å². The fraction of sp³-hybridized carbons (Fsp3) is 0.429. The predicted octanol–water partition coefficient (Wildman–Crippen LogP) is 1.87. The number of aromatic nitrogens is 5. The van der Waals surface area contributed by atoms with Crippen molar-refractivity contribution in [3.63, 3.8) is 0 Å². The highest BCUT2D eigenvalue weighted by Crippen LogP contribution is 2.33. The van der Waals surface area contributed by atoms with Gasteiger partial charge in [0.2, 0.25) is 10.0 Å². The molecule has 1 aromatic carbocycles. The molecule has 1 aliphatic carbocycles. The molecule has 0 spiro atoms. The van der Waals surface area contributed by atoms with Gasteiger partial charge in [0, 0.05) is 18.5 Å². The lowest BCUT2D eigenvalue weighted by Crippen LogP contribution is -2.23. The van der Waals surface area contributed by atoms with Gasteiger partial charge in [-0.2, -0.15) is 0 Å². The highest BCUT2D eigenvalue weighted by Gasteiger charge is 2.32. The Labute approximate surface area is 223 Å². The Morgan fingerprint density at radius 3 is 2.47 bits per heavy atom. The number of thiazole rings is 1. The summed E-state index contributed by atoms with van der Waals surface area (Å²) in [5.41, 5.74) is 1.44. The van der Waals surface area contributed by atoms with Crippen LogP contribution in [0.4, 0.5) is 15.6 Å². The molecule has 2 amide bonds. The molecule has 0 atom stereocenters. The van der Waals surface area contributed by atoms with Gasteiger partial charge in [0.05, 0.1) is 24.2 Å². The molecule has 14 nitrogen and oxygen atoms in total. The molecule has 1 saturated carbocycles. The third kappa shape index (κ3) is 6.23. The molecule has 4 rings (SSSR count). The Hall–Kier alpha value is -3.28. The lowest BCUT2D eigenvalue weighted by Gasteiger charge is -2.14. The predicted molar refractivity (Wildman–Crippen MR) is 138 cm³/mol. The third-order valence-electron chi connectivity index (χ3n) is 5.86. The maximum atomic E-state index is 13.2. The summed E-state index contributed by atoms with van der Waals surface area (Å²) in [6.07, 6.45) is 4.50. The molecule has 38 heavy (non-hydrogen) atoms. The standard InChI is InChI=1S/C21H26N8O6S3/c1-12-8-9-15(14(10-12)17(30)13-6-4-5-7-13)23-19(31)25-20-24-16(11-22-37(3,32)33)18(36-20)38(34,35)21-26-27-28-29(21)2/h8-10,13,22H,4-7,11H2,1-3H3,(H2,23,24,25,31). The maximum absolute atomic E-state index is 13.2. The SMILES string of the molecule is Cc1ccc(NC(=O)Nc2nc(CNS(C)(=O)=O)c(S(=O)(=O)c3nnnn3C)s2)c(C(=O)C2CCCC2)c1. The van der Waals surface area contributed by atoms with Crippen LogP contribution in [0.15, 0.2) is 27.6 Å². The summed E-state index contributed by atoms with van der Waals surface area (Å²) in [4.78, 5) is 30.1. The third-order valence-corrected chi connectivity index (χ3v) is 9.80. The van der Waals surface area contributed by atoms with E-state index in [0.717, 1.165) is 42.2 Å². The van der Waals surface area contributed by atoms with Crippen molar-refractivity contribution in [2.75, 3.05) is 16.9 Å². The first-order chi connectivity index (χ1) is 17.8. The molecule has 0 saturated heterocycles. The summed E-state index contributed by atoms with van der Waals surface area (Å²) < 4.78 is 52.4. The second-order valence-electron chi connectivity index (χ2n) is 8.91. The molecular formula is C21H26N8O6S3. The quantitative estimate of drug-likeness (QED) is 0.313. The number of nitrogens with one attached hydrogen (secondary N) is 3. The van der Waals surface area contributed by atoms with Crippen molar-refractivity contribution >= 4 is 53.8 Å². The number of carbonyl (C=O) groups is 2. The van der Waals surface area contributed by atoms with Crippen LogP contribution < -0.4 is 15.4 Å². The topological polar surface area (TPSA) is 195 Å². The minimum atomic E-state index is -4.30. The van der Waals surface area contributed by atoms with Gasteiger partial charge in [0.15, 0.2) is 15.1 Å². The van der Waals surface area contributed by atoms with Gasteiger partial charge in [-0.25, -0.2) is 36.0 Å². The van der Waals surface area contributed by atoms with E-state index in [9.17, 15) is 26.4 Å². The Morgan fingerprint density at radius 1 is 1.13 bits per heavy atom. The second kappa shape index (κ2) is 10.8. The van der Waals surface area contributed by atoms with E-state index in [1.807, 2.05) is 6.92 Å². The number of rotatable bonds is 9. The summed E-state index contributed by atoms with van der Waals surface area (Å²) >= 11 is 0.615. The molecule has 2 aromatic heterocycles. The molecular weight excluding hydrogens is 556 g/mol. The lowest BCUT2D eigenvalue weighted by molar-refractivity contribution is 0.0923. The Balaban J connectivity index is 1.60. The van der Waals surface area contributed by atoms with Crippen LogP contribution in [0.3, 0.4) is 0 Å². The van der Waals surface area contributed by atoms with Crippen molar-refractivity contribution < 1.29 is 26.4 Å². The first-order valence-electron chi connectivity index (χ1n) is 11.5. The van der Waals surface area contributed by atoms with Gasteiger partial charge in [0.1, 0.15) is 0 Å². The van der Waals surface area contributed by atoms with E-state index in [2.05, 4.69) is 35.9 Å². The Bertz CT molecular complexity index is 1590. The van der Waals surface area contributed by atoms with Crippen molar-refractivity contribution in [2.24, 2.45) is 13.0 Å². The average molecular weight is 583 g/mol. The minimum Gasteiger partial charge on any atom is -0.307 e. The fourth-order valence-corrected chi connectivity index (χ4v) is 7.20. The smallest absolute Gasteiger partial charge is 0.307 e. The number of anilines is 2. The van der Waals surface area contributed by atoms with Gasteiger partial charge in [-0.15, -0.1) is 0 Å². The molecule has 0 bridgehead atoms. The molecule has 0 radical (unpaired) electrons. The first kappa shape index (κ1) is 27.7. The molecule has 3 aromatic rings. The largest absolute Gasteiger partial charge is 0.325 e. The van der Waals surface area contributed by atoms with Crippen LogP contribution in [0.5, 0.6) is 0 Å². The zero-order valence-corrected chi connectivity index (χ0v) is 23.2. The van der Waals surface area contributed by atoms with Crippen LogP contribution in [-0.2, 0) is 33.5 Å².